The third kappa shape index (κ3) is 9.66. The van der Waals surface area contributed by atoms with Gasteiger partial charge in [-0.3, -0.25) is 38.9 Å². The van der Waals surface area contributed by atoms with Gasteiger partial charge < -0.3 is 30.3 Å². The third-order valence-electron chi connectivity index (χ3n) is 7.97. The Labute approximate surface area is 250 Å². The van der Waals surface area contributed by atoms with E-state index in [2.05, 4.69) is 0 Å². The monoisotopic (exact) mass is 609 g/mol. The van der Waals surface area contributed by atoms with Crippen LogP contribution < -0.4 is 0 Å². The van der Waals surface area contributed by atoms with Gasteiger partial charge in [-0.25, -0.2) is 4.79 Å². The molecule has 1 aromatic rings. The van der Waals surface area contributed by atoms with Crippen molar-refractivity contribution in [3.05, 3.63) is 35.9 Å². The van der Waals surface area contributed by atoms with Crippen molar-refractivity contribution in [3.8, 4) is 0 Å². The van der Waals surface area contributed by atoms with Gasteiger partial charge in [0.2, 0.25) is 5.66 Å². The van der Waals surface area contributed by atoms with Crippen molar-refractivity contribution >= 4 is 23.9 Å². The van der Waals surface area contributed by atoms with Crippen molar-refractivity contribution in [2.24, 2.45) is 0 Å². The number of carboxylic acid groups (broad SMARTS) is 4. The maximum Gasteiger partial charge on any atom is 0.342 e. The summed E-state index contributed by atoms with van der Waals surface area (Å²) in [5, 5.41) is 49.2. The maximum atomic E-state index is 13.3. The average molecular weight is 610 g/mol. The quantitative estimate of drug-likeness (QED) is 0.174. The molecular weight excluding hydrogens is 566 g/mol. The average Bonchev–Trinajstić information content (AvgIpc) is 3.30. The lowest BCUT2D eigenvalue weighted by Gasteiger charge is -2.47. The van der Waals surface area contributed by atoms with E-state index in [0.717, 1.165) is 5.56 Å². The second-order valence-corrected chi connectivity index (χ2v) is 10.8. The summed E-state index contributed by atoms with van der Waals surface area (Å²) in [6.07, 6.45) is -0.436. The summed E-state index contributed by atoms with van der Waals surface area (Å²) in [6.45, 7) is 0.726. The molecule has 0 amide bonds. The Balaban J connectivity index is 1.98. The fourth-order valence-electron chi connectivity index (χ4n) is 5.96. The van der Waals surface area contributed by atoms with Crippen LogP contribution in [0.2, 0.25) is 0 Å². The molecule has 1 unspecified atom stereocenters. The molecule has 5 N–H and O–H groups in total. The smallest absolute Gasteiger partial charge is 0.342 e. The zero-order valence-electron chi connectivity index (χ0n) is 24.3. The summed E-state index contributed by atoms with van der Waals surface area (Å²) in [6, 6.07) is 9.34. The SMILES string of the molecule is O=C(O)CN1CCN(CC(=O)O)CCN([C@@]2(C(=O)O)C(OCc3ccccc3)CCN2CCO)CCN(CC(=O)O)CC1. The van der Waals surface area contributed by atoms with Gasteiger partial charge in [-0.1, -0.05) is 30.3 Å². The molecule has 240 valence electrons. The molecule has 15 heteroatoms. The number of ether oxygens (including phenoxy) is 1. The van der Waals surface area contributed by atoms with E-state index in [1.807, 2.05) is 30.3 Å². The number of hydrogen-bond acceptors (Lipinski definition) is 11. The molecule has 3 rings (SSSR count). The van der Waals surface area contributed by atoms with Gasteiger partial charge in [0.15, 0.2) is 0 Å². The molecule has 2 saturated heterocycles. The molecule has 0 saturated carbocycles. The van der Waals surface area contributed by atoms with Crippen LogP contribution in [0.25, 0.3) is 0 Å². The molecule has 2 aliphatic heterocycles. The van der Waals surface area contributed by atoms with Gasteiger partial charge in [-0.15, -0.1) is 0 Å². The van der Waals surface area contributed by atoms with E-state index < -0.39 is 35.6 Å². The number of hydrogen-bond donors (Lipinski definition) is 5. The Hall–Kier alpha value is -3.18. The highest BCUT2D eigenvalue weighted by atomic mass is 16.5. The highest BCUT2D eigenvalue weighted by Crippen LogP contribution is 2.36. The first-order valence-electron chi connectivity index (χ1n) is 14.4. The second-order valence-electron chi connectivity index (χ2n) is 10.8. The summed E-state index contributed by atoms with van der Waals surface area (Å²) >= 11 is 0. The fraction of sp³-hybridized carbons (Fsp3) is 0.643. The van der Waals surface area contributed by atoms with Crippen LogP contribution in [0.15, 0.2) is 30.3 Å². The Morgan fingerprint density at radius 2 is 1.19 bits per heavy atom. The first-order chi connectivity index (χ1) is 20.6. The van der Waals surface area contributed by atoms with E-state index in [1.54, 1.807) is 24.5 Å². The van der Waals surface area contributed by atoms with E-state index in [-0.39, 0.29) is 91.8 Å². The summed E-state index contributed by atoms with van der Waals surface area (Å²) in [7, 11) is 0. The van der Waals surface area contributed by atoms with Gasteiger partial charge in [0.05, 0.1) is 32.8 Å². The number of aliphatic carboxylic acids is 4. The molecule has 0 aromatic heterocycles. The van der Waals surface area contributed by atoms with Crippen LogP contribution in [0.4, 0.5) is 0 Å². The molecular formula is C28H43N5O10. The highest BCUT2D eigenvalue weighted by Gasteiger charge is 2.59. The molecule has 43 heavy (non-hydrogen) atoms. The predicted molar refractivity (Wildman–Crippen MR) is 152 cm³/mol. The van der Waals surface area contributed by atoms with Crippen LogP contribution in [0.3, 0.4) is 0 Å². The molecule has 0 spiro atoms. The van der Waals surface area contributed by atoms with Crippen LogP contribution in [0, 0.1) is 0 Å². The number of aliphatic hydroxyl groups excluding tert-OH is 1. The van der Waals surface area contributed by atoms with E-state index in [1.165, 1.54) is 0 Å². The van der Waals surface area contributed by atoms with Crippen LogP contribution in [-0.4, -0.2) is 177 Å². The Morgan fingerprint density at radius 3 is 1.60 bits per heavy atom. The van der Waals surface area contributed by atoms with E-state index in [0.29, 0.717) is 13.0 Å². The summed E-state index contributed by atoms with van der Waals surface area (Å²) in [5.41, 5.74) is -0.844. The van der Waals surface area contributed by atoms with Crippen LogP contribution in [0.1, 0.15) is 12.0 Å². The number of rotatable bonds is 13. The minimum absolute atomic E-state index is 0.0653. The van der Waals surface area contributed by atoms with Crippen molar-refractivity contribution in [2.75, 3.05) is 91.7 Å². The molecule has 2 aliphatic rings. The largest absolute Gasteiger partial charge is 0.480 e. The van der Waals surface area contributed by atoms with Crippen LogP contribution in [-0.2, 0) is 30.5 Å². The predicted octanol–water partition coefficient (Wildman–Crippen LogP) is -1.47. The number of likely N-dealkylation sites (tertiary alicyclic amines) is 1. The van der Waals surface area contributed by atoms with Gasteiger partial charge in [0, 0.05) is 65.4 Å². The standard InChI is InChI=1S/C28H43N5O10/c34-17-16-32-7-6-23(43-21-22-4-2-1-3-5-22)28(32,27(41)42)33-14-12-30(19-25(37)38)10-8-29(18-24(35)36)9-11-31(13-15-33)20-26(39)40/h1-5,23,34H,6-21H2,(H,35,36)(H,37,38)(H,39,40)(H,41,42)/t23?,28-/m1/s1. The number of aliphatic hydroxyl groups is 1. The number of β-amino-alcohol motifs (C(OH)–C–C–N with tert-alkyl or cyclic N) is 1. The molecule has 2 atom stereocenters. The number of carboxylic acids is 4. The molecule has 15 nitrogen and oxygen atoms in total. The first kappa shape index (κ1) is 34.3. The van der Waals surface area contributed by atoms with Crippen molar-refractivity contribution in [2.45, 2.75) is 24.8 Å². The minimum Gasteiger partial charge on any atom is -0.480 e. The number of nitrogens with zero attached hydrogens (tertiary/aromatic N) is 5. The van der Waals surface area contributed by atoms with Crippen molar-refractivity contribution in [3.63, 3.8) is 0 Å². The molecule has 2 heterocycles. The summed E-state index contributed by atoms with van der Waals surface area (Å²) < 4.78 is 6.28. The third-order valence-corrected chi connectivity index (χ3v) is 7.97. The number of carbonyl (C=O) groups is 4. The van der Waals surface area contributed by atoms with Gasteiger partial charge in [0.25, 0.3) is 0 Å². The maximum absolute atomic E-state index is 13.3. The van der Waals surface area contributed by atoms with Gasteiger partial charge in [-0.2, -0.15) is 0 Å². The molecule has 2 fully saturated rings. The van der Waals surface area contributed by atoms with Crippen LogP contribution >= 0.6 is 0 Å². The van der Waals surface area contributed by atoms with E-state index in [9.17, 15) is 44.7 Å². The number of benzene rings is 1. The van der Waals surface area contributed by atoms with E-state index in [4.69, 9.17) is 4.74 Å². The molecule has 0 bridgehead atoms. The van der Waals surface area contributed by atoms with Crippen molar-refractivity contribution < 1.29 is 49.4 Å². The molecule has 1 aromatic carbocycles. The lowest BCUT2D eigenvalue weighted by atomic mass is 10.00. The Kier molecular flexibility index (Phi) is 13.3. The summed E-state index contributed by atoms with van der Waals surface area (Å²) in [5.74, 6) is -4.37. The van der Waals surface area contributed by atoms with Gasteiger partial charge in [-0.05, 0) is 12.0 Å². The normalized spacial score (nSPS) is 24.3. The lowest BCUT2D eigenvalue weighted by Crippen LogP contribution is -2.70. The lowest BCUT2D eigenvalue weighted by molar-refractivity contribution is -0.184. The van der Waals surface area contributed by atoms with Crippen molar-refractivity contribution in [1.82, 2.24) is 24.5 Å². The Bertz CT molecular complexity index is 1050. The fourth-order valence-corrected chi connectivity index (χ4v) is 5.96. The molecule has 0 radical (unpaired) electrons. The van der Waals surface area contributed by atoms with E-state index >= 15 is 0 Å². The Morgan fingerprint density at radius 1 is 0.721 bits per heavy atom. The second kappa shape index (κ2) is 16.6. The molecule has 0 aliphatic carbocycles. The van der Waals surface area contributed by atoms with Crippen LogP contribution in [0.5, 0.6) is 0 Å². The van der Waals surface area contributed by atoms with Crippen molar-refractivity contribution in [1.29, 1.82) is 0 Å². The minimum atomic E-state index is -1.71. The zero-order chi connectivity index (χ0) is 31.4. The first-order valence-corrected chi connectivity index (χ1v) is 14.4. The topological polar surface area (TPSA) is 195 Å². The summed E-state index contributed by atoms with van der Waals surface area (Å²) in [4.78, 5) is 56.5. The highest BCUT2D eigenvalue weighted by molar-refractivity contribution is 5.80. The van der Waals surface area contributed by atoms with Gasteiger partial charge >= 0.3 is 23.9 Å². The van der Waals surface area contributed by atoms with Gasteiger partial charge in [0.1, 0.15) is 6.10 Å². The zero-order valence-corrected chi connectivity index (χ0v) is 24.3.